The minimum atomic E-state index is -0.949. The number of unbranched alkanes of at least 4 members (excludes halogenated alkanes) is 1. The van der Waals surface area contributed by atoms with Gasteiger partial charge in [-0.25, -0.2) is 18.4 Å². The topological polar surface area (TPSA) is 91.9 Å². The quantitative estimate of drug-likeness (QED) is 0.226. The van der Waals surface area contributed by atoms with E-state index in [1.165, 1.54) is 29.9 Å². The fourth-order valence-electron chi connectivity index (χ4n) is 4.52. The third-order valence-electron chi connectivity index (χ3n) is 6.59. The second-order valence-electron chi connectivity index (χ2n) is 9.35. The van der Waals surface area contributed by atoms with Crippen LogP contribution in [-0.4, -0.2) is 43.8 Å². The van der Waals surface area contributed by atoms with Gasteiger partial charge in [0.25, 0.3) is 5.56 Å². The summed E-state index contributed by atoms with van der Waals surface area (Å²) >= 11 is 0. The van der Waals surface area contributed by atoms with Gasteiger partial charge >= 0.3 is 5.97 Å². The molecule has 200 valence electrons. The maximum Gasteiger partial charge on any atom is 0.305 e. The Morgan fingerprint density at radius 2 is 1.97 bits per heavy atom. The van der Waals surface area contributed by atoms with E-state index in [0.717, 1.165) is 11.1 Å². The molecule has 5 rings (SSSR count). The van der Waals surface area contributed by atoms with Crippen molar-refractivity contribution in [1.82, 2.24) is 24.5 Å². The Hall–Kier alpha value is -4.47. The van der Waals surface area contributed by atoms with Crippen LogP contribution in [0.2, 0.25) is 0 Å². The van der Waals surface area contributed by atoms with Crippen LogP contribution >= 0.6 is 0 Å². The molecule has 0 fully saturated rings. The van der Waals surface area contributed by atoms with Crippen LogP contribution in [0.3, 0.4) is 0 Å². The molecule has 0 radical (unpaired) electrons. The van der Waals surface area contributed by atoms with Gasteiger partial charge in [0.15, 0.2) is 0 Å². The summed E-state index contributed by atoms with van der Waals surface area (Å²) in [7, 11) is 1.35. The second kappa shape index (κ2) is 11.5. The zero-order valence-corrected chi connectivity index (χ0v) is 21.4. The van der Waals surface area contributed by atoms with Gasteiger partial charge < -0.3 is 4.74 Å². The second-order valence-corrected chi connectivity index (χ2v) is 9.35. The van der Waals surface area contributed by atoms with Gasteiger partial charge in [0.05, 0.1) is 36.4 Å². The molecule has 2 heterocycles. The average molecular weight is 532 g/mol. The van der Waals surface area contributed by atoms with Crippen molar-refractivity contribution >= 4 is 16.9 Å². The number of esters is 1. The van der Waals surface area contributed by atoms with Crippen LogP contribution in [0.1, 0.15) is 31.5 Å². The van der Waals surface area contributed by atoms with E-state index < -0.39 is 12.0 Å². The van der Waals surface area contributed by atoms with E-state index in [0.29, 0.717) is 60.3 Å². The Kier molecular flexibility index (Phi) is 7.72. The first-order valence-corrected chi connectivity index (χ1v) is 12.7. The lowest BCUT2D eigenvalue weighted by atomic mass is 10.1. The molecule has 8 nitrogen and oxygen atoms in total. The first-order chi connectivity index (χ1) is 18.9. The molecule has 0 aliphatic heterocycles. The van der Waals surface area contributed by atoms with E-state index in [9.17, 15) is 18.4 Å². The normalized spacial score (nSPS) is 14.9. The van der Waals surface area contributed by atoms with Crippen molar-refractivity contribution in [3.8, 4) is 16.9 Å². The summed E-state index contributed by atoms with van der Waals surface area (Å²) in [6.07, 6.45) is 8.23. The molecule has 0 amide bonds. The molecule has 2 aromatic carbocycles. The van der Waals surface area contributed by atoms with Crippen LogP contribution < -0.4 is 5.56 Å². The number of hydrogen-bond acceptors (Lipinski definition) is 6. The summed E-state index contributed by atoms with van der Waals surface area (Å²) in [5.74, 6) is -0.190. The molecule has 4 aromatic rings. The maximum atomic E-state index is 13.6. The van der Waals surface area contributed by atoms with Gasteiger partial charge in [-0.2, -0.15) is 0 Å². The molecule has 1 unspecified atom stereocenters. The first-order valence-electron chi connectivity index (χ1n) is 12.7. The van der Waals surface area contributed by atoms with E-state index in [1.54, 1.807) is 47.3 Å². The minimum Gasteiger partial charge on any atom is -0.469 e. The van der Waals surface area contributed by atoms with Crippen LogP contribution in [0.25, 0.3) is 27.8 Å². The number of carbonyl (C=O) groups is 1. The van der Waals surface area contributed by atoms with Gasteiger partial charge in [-0.1, -0.05) is 29.5 Å². The van der Waals surface area contributed by atoms with Crippen LogP contribution in [0.4, 0.5) is 8.78 Å². The highest BCUT2D eigenvalue weighted by Gasteiger charge is 2.16. The van der Waals surface area contributed by atoms with Gasteiger partial charge in [0.1, 0.15) is 23.5 Å². The highest BCUT2D eigenvalue weighted by atomic mass is 19.1. The number of hydrogen-bond donors (Lipinski definition) is 0. The zero-order chi connectivity index (χ0) is 27.4. The van der Waals surface area contributed by atoms with Crippen LogP contribution in [0.5, 0.6) is 0 Å². The van der Waals surface area contributed by atoms with Crippen LogP contribution in [-0.2, 0) is 22.5 Å². The first kappa shape index (κ1) is 26.1. The van der Waals surface area contributed by atoms with E-state index >= 15 is 0 Å². The predicted octanol–water partition coefficient (Wildman–Crippen LogP) is 4.89. The SMILES string of the molecule is COC(=O)CCCCc1nc2cc(-c3cn(CC4=CCC(F)C=C4)nn3)ccc2c(=O)n1-c1ccc(F)cc1. The molecule has 0 spiro atoms. The average Bonchev–Trinajstić information content (AvgIpc) is 3.41. The highest BCUT2D eigenvalue weighted by molar-refractivity contribution is 5.83. The molecule has 10 heteroatoms. The standard InChI is InChI=1S/C29H27F2N5O3/c1-39-28(37)5-3-2-4-27-32-25-16-20(26-18-35(34-33-26)17-19-6-9-21(30)10-7-19)8-15-24(25)29(38)36(27)23-13-11-22(31)12-14-23/h6-9,11-16,18,21H,2-5,10,17H2,1H3. The largest absolute Gasteiger partial charge is 0.469 e. The van der Waals surface area contributed by atoms with E-state index in [1.807, 2.05) is 6.08 Å². The van der Waals surface area contributed by atoms with Crippen molar-refractivity contribution in [3.63, 3.8) is 0 Å². The summed E-state index contributed by atoms with van der Waals surface area (Å²) < 4.78 is 34.8. The summed E-state index contributed by atoms with van der Waals surface area (Å²) in [5, 5.41) is 8.88. The number of allylic oxidation sites excluding steroid dienone is 4. The summed E-state index contributed by atoms with van der Waals surface area (Å²) in [6.45, 7) is 0.472. The Bertz CT molecular complexity index is 1620. The monoisotopic (exact) mass is 531 g/mol. The lowest BCUT2D eigenvalue weighted by molar-refractivity contribution is -0.140. The Balaban J connectivity index is 1.47. The lowest BCUT2D eigenvalue weighted by Gasteiger charge is -2.14. The Morgan fingerprint density at radius 3 is 2.72 bits per heavy atom. The van der Waals surface area contributed by atoms with E-state index in [2.05, 4.69) is 10.3 Å². The van der Waals surface area contributed by atoms with Gasteiger partial charge in [0.2, 0.25) is 0 Å². The molecule has 1 atom stereocenters. The summed E-state index contributed by atoms with van der Waals surface area (Å²) in [6, 6.07) is 11.0. The van der Waals surface area contributed by atoms with Gasteiger partial charge in [-0.3, -0.25) is 14.2 Å². The third kappa shape index (κ3) is 6.00. The molecule has 2 aromatic heterocycles. The lowest BCUT2D eigenvalue weighted by Crippen LogP contribution is -2.24. The predicted molar refractivity (Wildman–Crippen MR) is 143 cm³/mol. The van der Waals surface area contributed by atoms with Gasteiger partial charge in [-0.15, -0.1) is 5.10 Å². The number of nitrogens with zero attached hydrogens (tertiary/aromatic N) is 5. The number of ether oxygens (including phenoxy) is 1. The number of rotatable bonds is 9. The number of carbonyl (C=O) groups excluding carboxylic acids is 1. The van der Waals surface area contributed by atoms with Gasteiger partial charge in [0, 0.05) is 24.8 Å². The molecule has 1 aliphatic carbocycles. The zero-order valence-electron chi connectivity index (χ0n) is 21.4. The van der Waals surface area contributed by atoms with E-state index in [4.69, 9.17) is 9.72 Å². The number of aryl methyl sites for hydroxylation is 1. The summed E-state index contributed by atoms with van der Waals surface area (Å²) in [4.78, 5) is 29.9. The number of aromatic nitrogens is 5. The molecule has 0 saturated carbocycles. The molecule has 0 saturated heterocycles. The van der Waals surface area contributed by atoms with Crippen LogP contribution in [0.15, 0.2) is 77.3 Å². The fraction of sp³-hybridized carbons (Fsp3) is 0.276. The molecular formula is C29H27F2N5O3. The van der Waals surface area contributed by atoms with Crippen molar-refractivity contribution in [2.24, 2.45) is 0 Å². The molecule has 39 heavy (non-hydrogen) atoms. The van der Waals surface area contributed by atoms with Crippen molar-refractivity contribution in [3.05, 3.63) is 94.5 Å². The number of benzene rings is 2. The number of methoxy groups -OCH3 is 1. The van der Waals surface area contributed by atoms with Crippen molar-refractivity contribution < 1.29 is 18.3 Å². The van der Waals surface area contributed by atoms with E-state index in [-0.39, 0.29) is 17.9 Å². The number of halogens is 2. The third-order valence-corrected chi connectivity index (χ3v) is 6.59. The Morgan fingerprint density at radius 1 is 1.15 bits per heavy atom. The van der Waals surface area contributed by atoms with Crippen molar-refractivity contribution in [2.75, 3.05) is 7.11 Å². The fourth-order valence-corrected chi connectivity index (χ4v) is 4.52. The summed E-state index contributed by atoms with van der Waals surface area (Å²) in [5.41, 5.74) is 3.06. The van der Waals surface area contributed by atoms with Gasteiger partial charge in [-0.05, 0) is 54.8 Å². The molecule has 0 N–H and O–H groups in total. The number of fused-ring (bicyclic) bond motifs is 1. The van der Waals surface area contributed by atoms with Crippen molar-refractivity contribution in [2.45, 2.75) is 44.8 Å². The molecule has 0 bridgehead atoms. The smallest absolute Gasteiger partial charge is 0.305 e. The number of alkyl halides is 1. The molecular weight excluding hydrogens is 504 g/mol. The minimum absolute atomic E-state index is 0.270. The Labute approximate surface area is 223 Å². The molecule has 1 aliphatic rings. The maximum absolute atomic E-state index is 13.6. The van der Waals surface area contributed by atoms with Crippen molar-refractivity contribution in [1.29, 1.82) is 0 Å². The van der Waals surface area contributed by atoms with Crippen LogP contribution in [0, 0.1) is 5.82 Å². The highest BCUT2D eigenvalue weighted by Crippen LogP contribution is 2.23.